The number of hydrogen-bond acceptors (Lipinski definition) is 6. The molecule has 0 saturated carbocycles. The molecule has 1 atom stereocenters. The van der Waals surface area contributed by atoms with Gasteiger partial charge in [0.05, 0.1) is 25.4 Å². The van der Waals surface area contributed by atoms with Crippen LogP contribution in [0, 0.1) is 0 Å². The SMILES string of the molecule is COc1cc2[nH]c(=O)c(OCC3=CCCC=C3)c(NC(Cc3ccccc3)C(=O)O)c2cc1OC. The van der Waals surface area contributed by atoms with Crippen LogP contribution in [0.15, 0.2) is 71.1 Å². The average Bonchev–Trinajstić information content (AvgIpc) is 2.88. The number of methoxy groups -OCH3 is 2. The third-order valence-corrected chi connectivity index (χ3v) is 5.83. The van der Waals surface area contributed by atoms with Gasteiger partial charge in [-0.1, -0.05) is 48.6 Å². The van der Waals surface area contributed by atoms with E-state index in [0.29, 0.717) is 22.4 Å². The van der Waals surface area contributed by atoms with Crippen molar-refractivity contribution in [2.45, 2.75) is 25.3 Å². The van der Waals surface area contributed by atoms with Crippen LogP contribution in [0.25, 0.3) is 10.9 Å². The van der Waals surface area contributed by atoms with Crippen molar-refractivity contribution in [3.05, 3.63) is 82.2 Å². The average molecular weight is 477 g/mol. The van der Waals surface area contributed by atoms with Crippen LogP contribution in [0.2, 0.25) is 0 Å². The first-order valence-corrected chi connectivity index (χ1v) is 11.3. The maximum Gasteiger partial charge on any atom is 0.326 e. The lowest BCUT2D eigenvalue weighted by molar-refractivity contribution is -0.137. The Hall–Kier alpha value is -4.20. The number of H-pyrrole nitrogens is 1. The molecule has 8 heteroatoms. The van der Waals surface area contributed by atoms with E-state index in [1.807, 2.05) is 36.4 Å². The highest BCUT2D eigenvalue weighted by Gasteiger charge is 2.24. The molecule has 1 unspecified atom stereocenters. The van der Waals surface area contributed by atoms with Gasteiger partial charge in [0.15, 0.2) is 11.5 Å². The van der Waals surface area contributed by atoms with Crippen molar-refractivity contribution in [3.63, 3.8) is 0 Å². The highest BCUT2D eigenvalue weighted by Crippen LogP contribution is 2.37. The fourth-order valence-electron chi connectivity index (χ4n) is 4.04. The van der Waals surface area contributed by atoms with Gasteiger partial charge in [0.2, 0.25) is 5.75 Å². The van der Waals surface area contributed by atoms with Gasteiger partial charge in [0.25, 0.3) is 5.56 Å². The van der Waals surface area contributed by atoms with Crippen molar-refractivity contribution in [2.75, 3.05) is 26.1 Å². The van der Waals surface area contributed by atoms with E-state index in [0.717, 1.165) is 24.0 Å². The summed E-state index contributed by atoms with van der Waals surface area (Å²) in [6.45, 7) is 0.184. The van der Waals surface area contributed by atoms with Crippen molar-refractivity contribution in [2.24, 2.45) is 0 Å². The first-order chi connectivity index (χ1) is 17.0. The molecule has 1 heterocycles. The second kappa shape index (κ2) is 10.8. The number of ether oxygens (including phenoxy) is 3. The van der Waals surface area contributed by atoms with E-state index in [4.69, 9.17) is 14.2 Å². The number of carboxylic acid groups (broad SMARTS) is 1. The maximum absolute atomic E-state index is 13.1. The summed E-state index contributed by atoms with van der Waals surface area (Å²) in [5, 5.41) is 13.6. The summed E-state index contributed by atoms with van der Waals surface area (Å²) in [7, 11) is 3.02. The normalized spacial score (nSPS) is 13.7. The van der Waals surface area contributed by atoms with E-state index >= 15 is 0 Å². The minimum Gasteiger partial charge on any atom is -0.493 e. The Morgan fingerprint density at radius 1 is 1.11 bits per heavy atom. The zero-order valence-corrected chi connectivity index (χ0v) is 19.7. The Morgan fingerprint density at radius 2 is 1.86 bits per heavy atom. The van der Waals surface area contributed by atoms with Gasteiger partial charge in [-0.2, -0.15) is 0 Å². The van der Waals surface area contributed by atoms with Crippen LogP contribution in [0.1, 0.15) is 18.4 Å². The number of nitrogens with one attached hydrogen (secondary N) is 2. The van der Waals surface area contributed by atoms with Crippen LogP contribution in [-0.2, 0) is 11.2 Å². The number of pyridine rings is 1. The predicted molar refractivity (Wildman–Crippen MR) is 135 cm³/mol. The fraction of sp³-hybridized carbons (Fsp3) is 0.259. The van der Waals surface area contributed by atoms with E-state index < -0.39 is 17.6 Å². The molecule has 8 nitrogen and oxygen atoms in total. The Bertz CT molecular complexity index is 1330. The van der Waals surface area contributed by atoms with Gasteiger partial charge in [0.1, 0.15) is 12.6 Å². The molecule has 0 radical (unpaired) electrons. The Labute approximate surface area is 202 Å². The molecular formula is C27H28N2O6. The molecule has 3 N–H and O–H groups in total. The summed E-state index contributed by atoms with van der Waals surface area (Å²) < 4.78 is 16.8. The molecule has 35 heavy (non-hydrogen) atoms. The molecule has 0 bridgehead atoms. The summed E-state index contributed by atoms with van der Waals surface area (Å²) in [6, 6.07) is 11.6. The van der Waals surface area contributed by atoms with Crippen LogP contribution < -0.4 is 25.1 Å². The van der Waals surface area contributed by atoms with Crippen molar-refractivity contribution in [3.8, 4) is 17.2 Å². The summed E-state index contributed by atoms with van der Waals surface area (Å²) in [4.78, 5) is 28.2. The molecule has 3 aromatic rings. The molecule has 1 aliphatic carbocycles. The van der Waals surface area contributed by atoms with Crippen molar-refractivity contribution in [1.82, 2.24) is 4.98 Å². The second-order valence-corrected chi connectivity index (χ2v) is 8.18. The largest absolute Gasteiger partial charge is 0.493 e. The van der Waals surface area contributed by atoms with Gasteiger partial charge in [-0.25, -0.2) is 4.79 Å². The van der Waals surface area contributed by atoms with Crippen LogP contribution in [0.4, 0.5) is 5.69 Å². The molecule has 0 aliphatic heterocycles. The standard InChI is InChI=1S/C27H28N2O6/c1-33-22-14-19-20(15-23(22)34-2)29-26(30)25(35-16-18-11-7-4-8-12-18)24(19)28-21(27(31)32)13-17-9-5-3-6-10-17/h3,5-7,9-12,14-15,21H,4,8,13,16H2,1-2H3,(H,31,32)(H2,28,29,30). The highest BCUT2D eigenvalue weighted by molar-refractivity contribution is 5.97. The van der Waals surface area contributed by atoms with E-state index in [1.165, 1.54) is 14.2 Å². The zero-order valence-electron chi connectivity index (χ0n) is 19.7. The molecule has 0 fully saturated rings. The summed E-state index contributed by atoms with van der Waals surface area (Å²) in [5.74, 6) is -0.156. The minimum absolute atomic E-state index is 0.0175. The molecule has 2 aromatic carbocycles. The summed E-state index contributed by atoms with van der Waals surface area (Å²) >= 11 is 0. The quantitative estimate of drug-likeness (QED) is 0.400. The Kier molecular flexibility index (Phi) is 7.40. The van der Waals surface area contributed by atoms with Gasteiger partial charge in [-0.15, -0.1) is 0 Å². The van der Waals surface area contributed by atoms with Gasteiger partial charge in [-0.3, -0.25) is 4.79 Å². The number of fused-ring (bicyclic) bond motifs is 1. The third-order valence-electron chi connectivity index (χ3n) is 5.83. The summed E-state index contributed by atoms with van der Waals surface area (Å²) in [6.07, 6.45) is 8.17. The number of aromatic amines is 1. The van der Waals surface area contributed by atoms with Crippen molar-refractivity contribution < 1.29 is 24.1 Å². The maximum atomic E-state index is 13.1. The van der Waals surface area contributed by atoms with Crippen molar-refractivity contribution >= 4 is 22.6 Å². The molecule has 0 amide bonds. The number of carboxylic acids is 1. The molecule has 0 saturated heterocycles. The van der Waals surface area contributed by atoms with Gasteiger partial charge in [0, 0.05) is 17.9 Å². The molecule has 182 valence electrons. The lowest BCUT2D eigenvalue weighted by Crippen LogP contribution is -2.32. The van der Waals surface area contributed by atoms with E-state index in [9.17, 15) is 14.7 Å². The Morgan fingerprint density at radius 3 is 2.51 bits per heavy atom. The molecular weight excluding hydrogens is 448 g/mol. The number of benzene rings is 2. The zero-order chi connectivity index (χ0) is 24.8. The molecule has 1 aliphatic rings. The first-order valence-electron chi connectivity index (χ1n) is 11.3. The molecule has 1 aromatic heterocycles. The van der Waals surface area contributed by atoms with Gasteiger partial charge < -0.3 is 29.6 Å². The topological polar surface area (TPSA) is 110 Å². The van der Waals surface area contributed by atoms with Crippen LogP contribution in [-0.4, -0.2) is 42.9 Å². The van der Waals surface area contributed by atoms with E-state index in [2.05, 4.69) is 22.5 Å². The molecule has 0 spiro atoms. The third kappa shape index (κ3) is 5.48. The van der Waals surface area contributed by atoms with Gasteiger partial charge >= 0.3 is 5.97 Å². The molecule has 4 rings (SSSR count). The van der Waals surface area contributed by atoms with Crippen LogP contribution in [0.5, 0.6) is 17.2 Å². The number of anilines is 1. The predicted octanol–water partition coefficient (Wildman–Crippen LogP) is 4.31. The lowest BCUT2D eigenvalue weighted by Gasteiger charge is -2.21. The van der Waals surface area contributed by atoms with Gasteiger partial charge in [-0.05, 0) is 30.0 Å². The minimum atomic E-state index is -1.05. The van der Waals surface area contributed by atoms with Crippen molar-refractivity contribution in [1.29, 1.82) is 0 Å². The Balaban J connectivity index is 1.80. The highest BCUT2D eigenvalue weighted by atomic mass is 16.5. The fourth-order valence-corrected chi connectivity index (χ4v) is 4.04. The number of hydrogen-bond donors (Lipinski definition) is 3. The number of aliphatic carboxylic acids is 1. The van der Waals surface area contributed by atoms with E-state index in [-0.39, 0.29) is 24.5 Å². The lowest BCUT2D eigenvalue weighted by atomic mass is 10.0. The number of aromatic nitrogens is 1. The van der Waals surface area contributed by atoms with Crippen LogP contribution in [0.3, 0.4) is 0 Å². The van der Waals surface area contributed by atoms with Crippen LogP contribution >= 0.6 is 0 Å². The summed E-state index contributed by atoms with van der Waals surface area (Å²) in [5.41, 5.74) is 2.07. The monoisotopic (exact) mass is 476 g/mol. The first kappa shape index (κ1) is 23.9. The van der Waals surface area contributed by atoms with E-state index in [1.54, 1.807) is 12.1 Å². The number of rotatable bonds is 10. The smallest absolute Gasteiger partial charge is 0.326 e. The second-order valence-electron chi connectivity index (χ2n) is 8.18. The number of carbonyl (C=O) groups is 1. The number of allylic oxidation sites excluding steroid dienone is 2.